The zero-order valence-electron chi connectivity index (χ0n) is 36.4. The van der Waals surface area contributed by atoms with Gasteiger partial charge in [0.05, 0.1) is 9.79 Å². The molecule has 12 nitrogen and oxygen atoms in total. The number of carbonyl (C=O) groups excluding carboxylic acids is 2. The van der Waals surface area contributed by atoms with Crippen molar-refractivity contribution in [3.05, 3.63) is 166 Å². The molecule has 0 aliphatic heterocycles. The van der Waals surface area contributed by atoms with E-state index in [1.54, 1.807) is 48.5 Å². The molecule has 2 aromatic heterocycles. The second kappa shape index (κ2) is 22.9. The van der Waals surface area contributed by atoms with Gasteiger partial charge in [0.25, 0.3) is 0 Å². The Morgan fingerprint density at radius 1 is 0.600 bits per heavy atom. The van der Waals surface area contributed by atoms with Crippen LogP contribution in [-0.4, -0.2) is 68.6 Å². The van der Waals surface area contributed by atoms with Crippen molar-refractivity contribution in [1.82, 2.24) is 30.0 Å². The van der Waals surface area contributed by atoms with Crippen molar-refractivity contribution in [3.63, 3.8) is 0 Å². The molecule has 2 amide bonds. The summed E-state index contributed by atoms with van der Waals surface area (Å²) in [6, 6.07) is 34.7. The molecule has 0 fully saturated rings. The number of aromatic nitrogens is 2. The summed E-state index contributed by atoms with van der Waals surface area (Å²) in [5, 5.41) is 7.72. The molecule has 16 heteroatoms. The van der Waals surface area contributed by atoms with Gasteiger partial charge in [-0.05, 0) is 111 Å². The third-order valence-corrected chi connectivity index (χ3v) is 14.8. The highest BCUT2D eigenvalue weighted by atomic mass is 79.9. The number of rotatable bonds is 19. The first-order valence-electron chi connectivity index (χ1n) is 21.3. The number of benzene rings is 5. The molecule has 0 bridgehead atoms. The van der Waals surface area contributed by atoms with E-state index in [4.69, 9.17) is 0 Å². The Kier molecular flexibility index (Phi) is 17.4. The smallest absolute Gasteiger partial charge is 0.241 e. The molecule has 6 N–H and O–H groups in total. The molecule has 0 aliphatic rings. The van der Waals surface area contributed by atoms with Crippen molar-refractivity contribution in [2.45, 2.75) is 79.6 Å². The quantitative estimate of drug-likeness (QED) is 0.0349. The summed E-state index contributed by atoms with van der Waals surface area (Å²) in [5.74, 6) is -0.693. The number of amides is 2. The van der Waals surface area contributed by atoms with Gasteiger partial charge in [-0.15, -0.1) is 0 Å². The Morgan fingerprint density at radius 3 is 1.48 bits per heavy atom. The van der Waals surface area contributed by atoms with Gasteiger partial charge in [-0.3, -0.25) is 9.59 Å². The van der Waals surface area contributed by atoms with Crippen LogP contribution in [0, 0.1) is 13.8 Å². The number of aromatic amines is 2. The number of para-hydroxylation sites is 2. The van der Waals surface area contributed by atoms with Crippen molar-refractivity contribution < 1.29 is 26.4 Å². The molecular formula is C49H54Br2N6O6S2. The van der Waals surface area contributed by atoms with Crippen LogP contribution in [0.2, 0.25) is 0 Å². The lowest BCUT2D eigenvalue weighted by atomic mass is 10.0. The lowest BCUT2D eigenvalue weighted by Crippen LogP contribution is -2.48. The Balaban J connectivity index is 0.000000216. The van der Waals surface area contributed by atoms with E-state index in [0.717, 1.165) is 66.9 Å². The molecule has 342 valence electrons. The minimum absolute atomic E-state index is 0.129. The molecule has 65 heavy (non-hydrogen) atoms. The van der Waals surface area contributed by atoms with Crippen LogP contribution < -0.4 is 20.1 Å². The number of aryl methyl sites for hydroxylation is 2. The molecule has 3 atom stereocenters. The molecule has 0 aliphatic carbocycles. The van der Waals surface area contributed by atoms with Gasteiger partial charge >= 0.3 is 0 Å². The van der Waals surface area contributed by atoms with Crippen LogP contribution in [0.1, 0.15) is 47.6 Å². The van der Waals surface area contributed by atoms with Gasteiger partial charge in [0.2, 0.25) is 31.9 Å². The lowest BCUT2D eigenvalue weighted by Gasteiger charge is -2.19. The van der Waals surface area contributed by atoms with Gasteiger partial charge in [-0.1, -0.05) is 123 Å². The molecule has 0 radical (unpaired) electrons. The standard InChI is InChI=1S/C26H26BrN3O3S.C23H28BrN3O3S/c1-18-6-12-22(13-7-18)34(32,33)30-25(16-20-17-29-24-5-3-2-4-23(20)24)26(31)28-15-14-19-8-10-21(27)11-9-19;1-16-9-11-19(12-10-16)31(29,30)27-22(23(28)25-13-5-6-17(2)24)14-18-15-26-21-8-4-3-7-20(18)21/h2-13,17,25,29-30H,14-16H2,1H3,(H,28,31);3-4,7-12,15,17,22,26-27H,5-6,13-14H2,1-2H3,(H,25,28)/t25-;17?,22-/m00/s1. The maximum atomic E-state index is 13.2. The van der Waals surface area contributed by atoms with Crippen molar-refractivity contribution in [3.8, 4) is 0 Å². The average Bonchev–Trinajstić information content (AvgIpc) is 3.89. The number of carbonyl (C=O) groups is 2. The molecule has 7 rings (SSSR count). The van der Waals surface area contributed by atoms with Crippen molar-refractivity contribution in [2.24, 2.45) is 0 Å². The number of sulfonamides is 2. The number of hydrogen-bond acceptors (Lipinski definition) is 6. The van der Waals surface area contributed by atoms with Crippen LogP contribution >= 0.6 is 31.9 Å². The summed E-state index contributed by atoms with van der Waals surface area (Å²) in [4.78, 5) is 33.1. The maximum Gasteiger partial charge on any atom is 0.241 e. The number of alkyl halides is 1. The number of halogens is 2. The van der Waals surface area contributed by atoms with Crippen molar-refractivity contribution >= 4 is 85.5 Å². The lowest BCUT2D eigenvalue weighted by molar-refractivity contribution is -0.123. The normalized spacial score (nSPS) is 13.1. The summed E-state index contributed by atoms with van der Waals surface area (Å²) in [6.45, 7) is 6.73. The van der Waals surface area contributed by atoms with Gasteiger partial charge in [0, 0.05) is 56.6 Å². The van der Waals surface area contributed by atoms with E-state index in [1.807, 2.05) is 99.0 Å². The molecule has 1 unspecified atom stereocenters. The van der Waals surface area contributed by atoms with Gasteiger partial charge in [-0.25, -0.2) is 16.8 Å². The molecule has 0 saturated carbocycles. The van der Waals surface area contributed by atoms with E-state index in [9.17, 15) is 26.4 Å². The van der Waals surface area contributed by atoms with E-state index in [2.05, 4.69) is 68.8 Å². The van der Waals surface area contributed by atoms with E-state index >= 15 is 0 Å². The van der Waals surface area contributed by atoms with Crippen LogP contribution in [0.25, 0.3) is 21.8 Å². The Labute approximate surface area is 398 Å². The highest BCUT2D eigenvalue weighted by Gasteiger charge is 2.28. The van der Waals surface area contributed by atoms with Crippen molar-refractivity contribution in [2.75, 3.05) is 13.1 Å². The largest absolute Gasteiger partial charge is 0.361 e. The summed E-state index contributed by atoms with van der Waals surface area (Å²) in [6.07, 6.45) is 6.49. The minimum atomic E-state index is -3.89. The third-order valence-electron chi connectivity index (χ3n) is 10.8. The van der Waals surface area contributed by atoms with Gasteiger partial charge in [0.1, 0.15) is 12.1 Å². The highest BCUT2D eigenvalue weighted by molar-refractivity contribution is 9.10. The first-order valence-corrected chi connectivity index (χ1v) is 26.0. The first-order chi connectivity index (χ1) is 31.1. The second-order valence-corrected chi connectivity index (χ2v) is 21.9. The Bertz CT molecular complexity index is 2900. The number of fused-ring (bicyclic) bond motifs is 2. The molecular weight excluding hydrogens is 993 g/mol. The van der Waals surface area contributed by atoms with Crippen LogP contribution in [0.5, 0.6) is 0 Å². The zero-order chi connectivity index (χ0) is 46.6. The summed E-state index contributed by atoms with van der Waals surface area (Å²) < 4.78 is 58.3. The SMILES string of the molecule is Cc1ccc(S(=O)(=O)N[C@@H](Cc2c[nH]c3ccccc23)C(=O)NCCCC(C)Br)cc1.Cc1ccc(S(=O)(=O)N[C@@H](Cc2c[nH]c3ccccc23)C(=O)NCCc2ccc(Br)cc2)cc1. The van der Waals surface area contributed by atoms with Crippen LogP contribution in [0.15, 0.2) is 148 Å². The predicted molar refractivity (Wildman–Crippen MR) is 266 cm³/mol. The highest BCUT2D eigenvalue weighted by Crippen LogP contribution is 2.22. The third kappa shape index (κ3) is 14.2. The second-order valence-electron chi connectivity index (χ2n) is 16.0. The van der Waals surface area contributed by atoms with Crippen LogP contribution in [0.3, 0.4) is 0 Å². The summed E-state index contributed by atoms with van der Waals surface area (Å²) in [7, 11) is -7.74. The first kappa shape index (κ1) is 49.3. The van der Waals surface area contributed by atoms with E-state index in [1.165, 1.54) is 0 Å². The Morgan fingerprint density at radius 2 is 1.03 bits per heavy atom. The number of H-pyrrole nitrogens is 2. The Hall–Kier alpha value is -5.10. The van der Waals surface area contributed by atoms with E-state index < -0.39 is 32.1 Å². The predicted octanol–water partition coefficient (Wildman–Crippen LogP) is 8.53. The van der Waals surface area contributed by atoms with Gasteiger partial charge in [0.15, 0.2) is 0 Å². The molecule has 0 spiro atoms. The average molecular weight is 1050 g/mol. The topological polar surface area (TPSA) is 182 Å². The summed E-state index contributed by atoms with van der Waals surface area (Å²) >= 11 is 6.91. The zero-order valence-corrected chi connectivity index (χ0v) is 41.2. The summed E-state index contributed by atoms with van der Waals surface area (Å²) in [5.41, 5.74) is 6.65. The molecule has 5 aromatic carbocycles. The molecule has 2 heterocycles. The van der Waals surface area contributed by atoms with Gasteiger partial charge in [-0.2, -0.15) is 9.44 Å². The number of hydrogen-bond donors (Lipinski definition) is 6. The maximum absolute atomic E-state index is 13.2. The van der Waals surface area contributed by atoms with E-state index in [-0.39, 0.29) is 34.4 Å². The fraction of sp³-hybridized carbons (Fsp3) is 0.265. The van der Waals surface area contributed by atoms with Gasteiger partial charge < -0.3 is 20.6 Å². The molecule has 7 aromatic rings. The number of nitrogens with one attached hydrogen (secondary N) is 6. The fourth-order valence-corrected chi connectivity index (χ4v) is 10.2. The van der Waals surface area contributed by atoms with Crippen LogP contribution in [-0.2, 0) is 48.9 Å². The monoisotopic (exact) mass is 1040 g/mol. The fourth-order valence-electron chi connectivity index (χ4n) is 7.18. The van der Waals surface area contributed by atoms with Crippen LogP contribution in [0.4, 0.5) is 0 Å². The molecule has 0 saturated heterocycles. The van der Waals surface area contributed by atoms with E-state index in [0.29, 0.717) is 24.3 Å². The van der Waals surface area contributed by atoms with Crippen molar-refractivity contribution in [1.29, 1.82) is 0 Å². The minimum Gasteiger partial charge on any atom is -0.361 e.